The van der Waals surface area contributed by atoms with Crippen molar-refractivity contribution in [2.24, 2.45) is 11.8 Å². The van der Waals surface area contributed by atoms with Crippen molar-refractivity contribution < 1.29 is 9.47 Å². The minimum absolute atomic E-state index is 0.105. The SMILES string of the molecule is CCC(C)C(NN)c1ccccc1OCCOC. The molecule has 1 aromatic rings. The van der Waals surface area contributed by atoms with Gasteiger partial charge >= 0.3 is 0 Å². The van der Waals surface area contributed by atoms with Crippen LogP contribution in [0.15, 0.2) is 24.3 Å². The molecule has 0 radical (unpaired) electrons. The van der Waals surface area contributed by atoms with E-state index in [0.717, 1.165) is 17.7 Å². The molecular formula is C14H24N2O2. The number of ether oxygens (including phenoxy) is 2. The summed E-state index contributed by atoms with van der Waals surface area (Å²) >= 11 is 0. The maximum atomic E-state index is 5.73. The molecule has 0 aliphatic rings. The van der Waals surface area contributed by atoms with Crippen LogP contribution in [0.25, 0.3) is 0 Å². The van der Waals surface area contributed by atoms with Crippen molar-refractivity contribution in [1.29, 1.82) is 0 Å². The van der Waals surface area contributed by atoms with Crippen molar-refractivity contribution in [3.05, 3.63) is 29.8 Å². The van der Waals surface area contributed by atoms with Gasteiger partial charge in [-0.3, -0.25) is 11.3 Å². The van der Waals surface area contributed by atoms with Crippen molar-refractivity contribution in [1.82, 2.24) is 5.43 Å². The molecule has 18 heavy (non-hydrogen) atoms. The Morgan fingerprint density at radius 1 is 1.28 bits per heavy atom. The Morgan fingerprint density at radius 2 is 2.00 bits per heavy atom. The van der Waals surface area contributed by atoms with Crippen molar-refractivity contribution in [3.63, 3.8) is 0 Å². The normalized spacial score (nSPS) is 14.2. The zero-order valence-corrected chi connectivity index (χ0v) is 11.5. The number of hydrazine groups is 1. The first kappa shape index (κ1) is 15.0. The largest absolute Gasteiger partial charge is 0.491 e. The lowest BCUT2D eigenvalue weighted by molar-refractivity contribution is 0.145. The van der Waals surface area contributed by atoms with E-state index in [1.807, 2.05) is 18.2 Å². The van der Waals surface area contributed by atoms with E-state index in [1.54, 1.807) is 7.11 Å². The predicted molar refractivity (Wildman–Crippen MR) is 73.3 cm³/mol. The van der Waals surface area contributed by atoms with Gasteiger partial charge in [-0.2, -0.15) is 0 Å². The van der Waals surface area contributed by atoms with Crippen LogP contribution in [0.4, 0.5) is 0 Å². The fourth-order valence-corrected chi connectivity index (χ4v) is 1.90. The highest BCUT2D eigenvalue weighted by molar-refractivity contribution is 5.36. The highest BCUT2D eigenvalue weighted by Crippen LogP contribution is 2.30. The Balaban J connectivity index is 2.85. The zero-order chi connectivity index (χ0) is 13.4. The predicted octanol–water partition coefficient (Wildman–Crippen LogP) is 2.26. The number of methoxy groups -OCH3 is 1. The zero-order valence-electron chi connectivity index (χ0n) is 11.5. The summed E-state index contributed by atoms with van der Waals surface area (Å²) in [5, 5.41) is 0. The Morgan fingerprint density at radius 3 is 2.61 bits per heavy atom. The van der Waals surface area contributed by atoms with E-state index >= 15 is 0 Å². The Labute approximate surface area is 109 Å². The van der Waals surface area contributed by atoms with Crippen molar-refractivity contribution >= 4 is 0 Å². The van der Waals surface area contributed by atoms with Gasteiger partial charge in [0.15, 0.2) is 0 Å². The number of nitrogens with one attached hydrogen (secondary N) is 1. The summed E-state index contributed by atoms with van der Waals surface area (Å²) in [6.45, 7) is 5.46. The van der Waals surface area contributed by atoms with Gasteiger partial charge < -0.3 is 9.47 Å². The summed E-state index contributed by atoms with van der Waals surface area (Å²) < 4.78 is 10.7. The van der Waals surface area contributed by atoms with Gasteiger partial charge in [0.1, 0.15) is 12.4 Å². The molecule has 2 atom stereocenters. The molecule has 4 nitrogen and oxygen atoms in total. The highest BCUT2D eigenvalue weighted by atomic mass is 16.5. The highest BCUT2D eigenvalue weighted by Gasteiger charge is 2.19. The second-order valence-corrected chi connectivity index (χ2v) is 4.41. The van der Waals surface area contributed by atoms with Crippen molar-refractivity contribution in [2.45, 2.75) is 26.3 Å². The van der Waals surface area contributed by atoms with Crippen LogP contribution < -0.4 is 16.0 Å². The molecule has 1 rings (SSSR count). The topological polar surface area (TPSA) is 56.5 Å². The molecule has 0 amide bonds. The van der Waals surface area contributed by atoms with E-state index in [1.165, 1.54) is 0 Å². The summed E-state index contributed by atoms with van der Waals surface area (Å²) in [5.41, 5.74) is 3.99. The standard InChI is InChI=1S/C14H24N2O2/c1-4-11(2)14(16-15)12-7-5-6-8-13(12)18-10-9-17-3/h5-8,11,14,16H,4,9-10,15H2,1-3H3. The van der Waals surface area contributed by atoms with E-state index in [9.17, 15) is 0 Å². The molecule has 0 fully saturated rings. The van der Waals surface area contributed by atoms with Gasteiger partial charge in [0.2, 0.25) is 0 Å². The lowest BCUT2D eigenvalue weighted by atomic mass is 9.92. The van der Waals surface area contributed by atoms with E-state index in [2.05, 4.69) is 25.3 Å². The van der Waals surface area contributed by atoms with Crippen LogP contribution in [0.2, 0.25) is 0 Å². The summed E-state index contributed by atoms with van der Waals surface area (Å²) in [5.74, 6) is 6.99. The van der Waals surface area contributed by atoms with Crippen molar-refractivity contribution in [3.8, 4) is 5.75 Å². The third kappa shape index (κ3) is 3.98. The lowest BCUT2D eigenvalue weighted by Crippen LogP contribution is -2.32. The van der Waals surface area contributed by atoms with Crippen LogP contribution >= 0.6 is 0 Å². The fourth-order valence-electron chi connectivity index (χ4n) is 1.90. The summed E-state index contributed by atoms with van der Waals surface area (Å²) in [6, 6.07) is 8.10. The molecule has 3 N–H and O–H groups in total. The van der Waals surface area contributed by atoms with Crippen LogP contribution in [0.3, 0.4) is 0 Å². The Kier molecular flexibility index (Phi) is 6.72. The minimum atomic E-state index is 0.105. The van der Waals surface area contributed by atoms with Gasteiger partial charge in [0, 0.05) is 12.7 Å². The Bertz CT molecular complexity index is 344. The van der Waals surface area contributed by atoms with Crippen LogP contribution in [0.1, 0.15) is 31.9 Å². The number of hydrogen-bond acceptors (Lipinski definition) is 4. The van der Waals surface area contributed by atoms with E-state index in [4.69, 9.17) is 15.3 Å². The molecule has 0 aliphatic carbocycles. The quantitative estimate of drug-likeness (QED) is 0.423. The average Bonchev–Trinajstić information content (AvgIpc) is 2.41. The monoisotopic (exact) mass is 252 g/mol. The second-order valence-electron chi connectivity index (χ2n) is 4.41. The molecule has 2 unspecified atom stereocenters. The summed E-state index contributed by atoms with van der Waals surface area (Å²) in [7, 11) is 1.67. The second kappa shape index (κ2) is 8.08. The summed E-state index contributed by atoms with van der Waals surface area (Å²) in [4.78, 5) is 0. The molecule has 0 bridgehead atoms. The first-order valence-electron chi connectivity index (χ1n) is 6.41. The smallest absolute Gasteiger partial charge is 0.124 e. The molecule has 4 heteroatoms. The molecule has 102 valence electrons. The third-order valence-electron chi connectivity index (χ3n) is 3.19. The van der Waals surface area contributed by atoms with E-state index in [0.29, 0.717) is 19.1 Å². The van der Waals surface area contributed by atoms with Gasteiger partial charge in [-0.15, -0.1) is 0 Å². The Hall–Kier alpha value is -1.10. The minimum Gasteiger partial charge on any atom is -0.491 e. The van der Waals surface area contributed by atoms with Crippen LogP contribution in [-0.2, 0) is 4.74 Å². The number of para-hydroxylation sites is 1. The van der Waals surface area contributed by atoms with Crippen LogP contribution in [0.5, 0.6) is 5.75 Å². The molecule has 0 aliphatic heterocycles. The average molecular weight is 252 g/mol. The number of benzene rings is 1. The van der Waals surface area contributed by atoms with Gasteiger partial charge in [-0.1, -0.05) is 38.5 Å². The maximum absolute atomic E-state index is 5.73. The summed E-state index contributed by atoms with van der Waals surface area (Å²) in [6.07, 6.45) is 1.06. The van der Waals surface area contributed by atoms with Gasteiger partial charge in [-0.05, 0) is 12.0 Å². The number of hydrogen-bond donors (Lipinski definition) is 2. The molecule has 0 heterocycles. The van der Waals surface area contributed by atoms with Gasteiger partial charge in [0.05, 0.1) is 12.6 Å². The molecule has 1 aromatic carbocycles. The van der Waals surface area contributed by atoms with Gasteiger partial charge in [-0.25, -0.2) is 0 Å². The lowest BCUT2D eigenvalue weighted by Gasteiger charge is -2.24. The number of rotatable bonds is 8. The molecule has 0 saturated heterocycles. The van der Waals surface area contributed by atoms with Crippen molar-refractivity contribution in [2.75, 3.05) is 20.3 Å². The van der Waals surface area contributed by atoms with Crippen LogP contribution in [0, 0.1) is 5.92 Å². The number of nitrogens with two attached hydrogens (primary N) is 1. The molecule has 0 saturated carbocycles. The third-order valence-corrected chi connectivity index (χ3v) is 3.19. The molecule has 0 aromatic heterocycles. The first-order valence-corrected chi connectivity index (χ1v) is 6.41. The maximum Gasteiger partial charge on any atom is 0.124 e. The van der Waals surface area contributed by atoms with Crippen LogP contribution in [-0.4, -0.2) is 20.3 Å². The van der Waals surface area contributed by atoms with Gasteiger partial charge in [0.25, 0.3) is 0 Å². The van der Waals surface area contributed by atoms with E-state index < -0.39 is 0 Å². The molecular weight excluding hydrogens is 228 g/mol. The molecule has 0 spiro atoms. The first-order chi connectivity index (χ1) is 8.74. The van der Waals surface area contributed by atoms with E-state index in [-0.39, 0.29) is 6.04 Å². The fraction of sp³-hybridized carbons (Fsp3) is 0.571.